The van der Waals surface area contributed by atoms with E-state index in [1.807, 2.05) is 0 Å². The molecule has 65 heavy (non-hydrogen) atoms. The number of furan rings is 1. The van der Waals surface area contributed by atoms with E-state index in [-0.39, 0.29) is 5.41 Å². The summed E-state index contributed by atoms with van der Waals surface area (Å²) in [6.45, 7) is 6.82. The molecule has 0 radical (unpaired) electrons. The fourth-order valence-corrected chi connectivity index (χ4v) is 11.1. The predicted octanol–water partition coefficient (Wildman–Crippen LogP) is 17.0. The van der Waals surface area contributed by atoms with Gasteiger partial charge >= 0.3 is 0 Å². The molecule has 0 atom stereocenters. The van der Waals surface area contributed by atoms with Crippen LogP contribution < -0.4 is 4.90 Å². The summed E-state index contributed by atoms with van der Waals surface area (Å²) in [6.07, 6.45) is 6.81. The molecule has 12 rings (SSSR count). The molecule has 0 N–H and O–H groups in total. The Morgan fingerprint density at radius 3 is 1.78 bits per heavy atom. The summed E-state index contributed by atoms with van der Waals surface area (Å²) in [6, 6.07) is 77.8. The van der Waals surface area contributed by atoms with E-state index in [1.54, 1.807) is 0 Å². The fraction of sp³-hybridized carbons (Fsp3) is 0.0794. The lowest BCUT2D eigenvalue weighted by molar-refractivity contribution is 0.660. The highest BCUT2D eigenvalue weighted by Crippen LogP contribution is 2.57. The van der Waals surface area contributed by atoms with Gasteiger partial charge in [-0.1, -0.05) is 190 Å². The Kier molecular flexibility index (Phi) is 9.00. The number of rotatable bonds is 8. The first kappa shape index (κ1) is 38.7. The monoisotopic (exact) mass is 833 g/mol. The van der Waals surface area contributed by atoms with E-state index in [1.165, 1.54) is 72.3 Å². The van der Waals surface area contributed by atoms with Crippen molar-refractivity contribution in [2.24, 2.45) is 0 Å². The van der Waals surface area contributed by atoms with E-state index < -0.39 is 5.41 Å². The van der Waals surface area contributed by atoms with Gasteiger partial charge in [0.2, 0.25) is 0 Å². The summed E-state index contributed by atoms with van der Waals surface area (Å²) in [5, 5.41) is 2.23. The molecule has 2 aliphatic rings. The molecule has 0 aliphatic heterocycles. The molecule has 0 fully saturated rings. The fourth-order valence-electron chi connectivity index (χ4n) is 11.1. The van der Waals surface area contributed by atoms with Crippen molar-refractivity contribution in [1.82, 2.24) is 0 Å². The lowest BCUT2D eigenvalue weighted by atomic mass is 9.65. The second kappa shape index (κ2) is 15.1. The van der Waals surface area contributed by atoms with E-state index in [9.17, 15) is 0 Å². The van der Waals surface area contributed by atoms with Crippen molar-refractivity contribution >= 4 is 56.7 Å². The Bertz CT molecular complexity index is 3480. The molecule has 0 saturated carbocycles. The van der Waals surface area contributed by atoms with Crippen molar-refractivity contribution in [2.45, 2.75) is 31.6 Å². The molecular weight excluding hydrogens is 787 g/mol. The third kappa shape index (κ3) is 5.94. The highest BCUT2D eigenvalue weighted by Gasteiger charge is 2.46. The second-order valence-electron chi connectivity index (χ2n) is 18.0. The van der Waals surface area contributed by atoms with Crippen molar-refractivity contribution in [3.05, 3.63) is 263 Å². The van der Waals surface area contributed by atoms with Gasteiger partial charge in [-0.2, -0.15) is 0 Å². The number of allylic oxidation sites excluding steroid dienone is 2. The highest BCUT2D eigenvalue weighted by atomic mass is 16.3. The Morgan fingerprint density at radius 2 is 1.05 bits per heavy atom. The van der Waals surface area contributed by atoms with Crippen molar-refractivity contribution in [3.8, 4) is 22.3 Å². The molecular formula is C63H47NO. The Hall–Kier alpha value is -7.94. The smallest absolute Gasteiger partial charge is 0.137 e. The van der Waals surface area contributed by atoms with Crippen molar-refractivity contribution < 1.29 is 4.42 Å². The number of benzene rings is 9. The predicted molar refractivity (Wildman–Crippen MR) is 273 cm³/mol. The summed E-state index contributed by atoms with van der Waals surface area (Å²) < 4.78 is 6.80. The number of hydrogen-bond donors (Lipinski definition) is 0. The quantitative estimate of drug-likeness (QED) is 0.152. The van der Waals surface area contributed by atoms with Crippen molar-refractivity contribution in [3.63, 3.8) is 0 Å². The first-order valence-corrected chi connectivity index (χ1v) is 22.7. The maximum atomic E-state index is 6.80. The Morgan fingerprint density at radius 1 is 0.462 bits per heavy atom. The zero-order valence-corrected chi connectivity index (χ0v) is 36.8. The van der Waals surface area contributed by atoms with Gasteiger partial charge in [-0.25, -0.2) is 0 Å². The second-order valence-corrected chi connectivity index (χ2v) is 18.0. The van der Waals surface area contributed by atoms with Gasteiger partial charge in [0.1, 0.15) is 11.2 Å². The first-order valence-electron chi connectivity index (χ1n) is 22.7. The number of fused-ring (bicyclic) bond motifs is 7. The van der Waals surface area contributed by atoms with Gasteiger partial charge in [0.05, 0.1) is 5.41 Å². The summed E-state index contributed by atoms with van der Waals surface area (Å²) in [4.78, 5) is 2.44. The minimum absolute atomic E-state index is 0.170. The topological polar surface area (TPSA) is 16.4 Å². The molecule has 2 aliphatic carbocycles. The maximum absolute atomic E-state index is 6.80. The van der Waals surface area contributed by atoms with Crippen LogP contribution >= 0.6 is 0 Å². The molecule has 10 aromatic rings. The third-order valence-corrected chi connectivity index (χ3v) is 14.1. The van der Waals surface area contributed by atoms with Crippen LogP contribution in [0.25, 0.3) is 61.9 Å². The van der Waals surface area contributed by atoms with E-state index in [2.05, 4.69) is 256 Å². The lowest BCUT2D eigenvalue weighted by Crippen LogP contribution is -2.29. The minimum atomic E-state index is -0.616. The van der Waals surface area contributed by atoms with Gasteiger partial charge in [0.15, 0.2) is 0 Å². The van der Waals surface area contributed by atoms with Crippen LogP contribution in [-0.4, -0.2) is 0 Å². The van der Waals surface area contributed by atoms with Crippen LogP contribution in [0, 0.1) is 0 Å². The molecule has 0 unspecified atom stereocenters. The number of nitrogens with zero attached hydrogens (tertiary/aromatic N) is 1. The first-order chi connectivity index (χ1) is 31.9. The molecule has 0 amide bonds. The number of hydrogen-bond acceptors (Lipinski definition) is 2. The average molecular weight is 834 g/mol. The zero-order chi connectivity index (χ0) is 43.7. The van der Waals surface area contributed by atoms with Crippen LogP contribution in [0.3, 0.4) is 0 Å². The Balaban J connectivity index is 1.11. The van der Waals surface area contributed by atoms with Gasteiger partial charge < -0.3 is 9.32 Å². The summed E-state index contributed by atoms with van der Waals surface area (Å²) >= 11 is 0. The molecule has 0 saturated heterocycles. The minimum Gasteiger partial charge on any atom is -0.456 e. The summed E-state index contributed by atoms with van der Waals surface area (Å²) in [5.74, 6) is 0. The van der Waals surface area contributed by atoms with E-state index in [0.717, 1.165) is 39.0 Å². The molecule has 0 spiro atoms. The van der Waals surface area contributed by atoms with Crippen LogP contribution in [0.2, 0.25) is 0 Å². The van der Waals surface area contributed by atoms with Gasteiger partial charge in [0, 0.05) is 39.3 Å². The normalized spacial score (nSPS) is 14.4. The molecule has 310 valence electrons. The van der Waals surface area contributed by atoms with Crippen LogP contribution in [0.1, 0.15) is 65.3 Å². The number of anilines is 3. The van der Waals surface area contributed by atoms with E-state index >= 15 is 0 Å². The van der Waals surface area contributed by atoms with Crippen LogP contribution in [-0.2, 0) is 10.8 Å². The average Bonchev–Trinajstić information content (AvgIpc) is 3.98. The summed E-state index contributed by atoms with van der Waals surface area (Å²) in [5.41, 5.74) is 20.4. The molecule has 0 bridgehead atoms. The van der Waals surface area contributed by atoms with Crippen molar-refractivity contribution in [2.75, 3.05) is 4.90 Å². The molecule has 9 aromatic carbocycles. The van der Waals surface area contributed by atoms with Crippen LogP contribution in [0.15, 0.2) is 223 Å². The van der Waals surface area contributed by atoms with E-state index in [4.69, 9.17) is 4.42 Å². The zero-order valence-electron chi connectivity index (χ0n) is 36.8. The van der Waals surface area contributed by atoms with Crippen LogP contribution in [0.4, 0.5) is 17.1 Å². The van der Waals surface area contributed by atoms with Crippen molar-refractivity contribution in [1.29, 1.82) is 0 Å². The van der Waals surface area contributed by atoms with Gasteiger partial charge in [-0.15, -0.1) is 0 Å². The SMILES string of the molecule is C/C=C\c1ccccc1C1=Cc2ccc(N(c3ccc4c(c3)C(C)(C)c3ccccc3-4)c3ccc4c(c3)oc3cccc(-c5ccccc5)c34)cc2C1(c1ccccc1)c1ccccc1. The molecule has 1 aromatic heterocycles. The van der Waals surface area contributed by atoms with Gasteiger partial charge in [-0.3, -0.25) is 0 Å². The van der Waals surface area contributed by atoms with Gasteiger partial charge in [-0.05, 0) is 128 Å². The Labute approximate surface area is 381 Å². The van der Waals surface area contributed by atoms with Crippen LogP contribution in [0.5, 0.6) is 0 Å². The summed E-state index contributed by atoms with van der Waals surface area (Å²) in [7, 11) is 0. The molecule has 2 nitrogen and oxygen atoms in total. The maximum Gasteiger partial charge on any atom is 0.137 e. The lowest BCUT2D eigenvalue weighted by Gasteiger charge is -2.37. The van der Waals surface area contributed by atoms with E-state index in [0.29, 0.717) is 0 Å². The largest absolute Gasteiger partial charge is 0.456 e. The standard InChI is InChI=1S/C63H47NO/c1-4-19-42-22-14-15-27-50(42)58-38-44-32-33-47(39-56(44)63(58,45-23-10-6-11-24-45)46-25-12-7-13-26-46)64(48-34-36-53-52-28-16-17-30-55(52)62(2,3)57(53)40-48)49-35-37-54-60(41-49)65-59-31-18-29-51(61(54)59)43-20-8-5-9-21-43/h4-41H,1-3H3/b19-4-. The highest BCUT2D eigenvalue weighted by molar-refractivity contribution is 6.13. The molecule has 2 heteroatoms. The third-order valence-electron chi connectivity index (χ3n) is 14.1. The molecule has 1 heterocycles. The van der Waals surface area contributed by atoms with Gasteiger partial charge in [0.25, 0.3) is 0 Å².